The summed E-state index contributed by atoms with van der Waals surface area (Å²) < 4.78 is 10.8. The molecule has 0 aromatic heterocycles. The fraction of sp³-hybridized carbons (Fsp3) is 1.00. The Labute approximate surface area is 120 Å². The molecule has 2 aliphatic rings. The van der Waals surface area contributed by atoms with Crippen LogP contribution in [0.4, 0.5) is 0 Å². The van der Waals surface area contributed by atoms with E-state index in [1.165, 1.54) is 0 Å². The average Bonchev–Trinajstić information content (AvgIpc) is 2.37. The van der Waals surface area contributed by atoms with Crippen molar-refractivity contribution in [3.05, 3.63) is 0 Å². The van der Waals surface area contributed by atoms with E-state index in [1.807, 2.05) is 13.8 Å². The lowest BCUT2D eigenvalue weighted by Crippen LogP contribution is -2.58. The van der Waals surface area contributed by atoms with Crippen LogP contribution in [0.5, 0.6) is 0 Å². The molecular weight excluding hydrogens is 260 g/mol. The van der Waals surface area contributed by atoms with Crippen LogP contribution < -0.4 is 10.6 Å². The van der Waals surface area contributed by atoms with Gasteiger partial charge in [0.25, 0.3) is 0 Å². The van der Waals surface area contributed by atoms with Crippen molar-refractivity contribution in [1.82, 2.24) is 10.6 Å². The highest BCUT2D eigenvalue weighted by Gasteiger charge is 2.36. The summed E-state index contributed by atoms with van der Waals surface area (Å²) in [6.45, 7) is 7.44. The van der Waals surface area contributed by atoms with Crippen LogP contribution in [0.2, 0.25) is 0 Å². The van der Waals surface area contributed by atoms with Crippen LogP contribution in [0.1, 0.15) is 26.7 Å². The second-order valence-corrected chi connectivity index (χ2v) is 6.38. The molecule has 0 bridgehead atoms. The zero-order valence-corrected chi connectivity index (χ0v) is 12.5. The first-order valence-corrected chi connectivity index (χ1v) is 7.49. The van der Waals surface area contributed by atoms with Gasteiger partial charge in [-0.1, -0.05) is 0 Å². The maximum atomic E-state index is 10.2. The maximum Gasteiger partial charge on any atom is 0.0816 e. The molecule has 0 saturated carbocycles. The van der Waals surface area contributed by atoms with Gasteiger partial charge in [-0.2, -0.15) is 0 Å². The predicted octanol–water partition coefficient (Wildman–Crippen LogP) is -0.755. The molecule has 4 atom stereocenters. The van der Waals surface area contributed by atoms with Crippen molar-refractivity contribution in [2.75, 3.05) is 39.5 Å². The fourth-order valence-electron chi connectivity index (χ4n) is 2.72. The Bertz CT molecular complexity index is 280. The molecule has 2 fully saturated rings. The van der Waals surface area contributed by atoms with Gasteiger partial charge in [0.05, 0.1) is 36.5 Å². The monoisotopic (exact) mass is 288 g/mol. The molecule has 2 aliphatic heterocycles. The lowest BCUT2D eigenvalue weighted by molar-refractivity contribution is -0.0833. The van der Waals surface area contributed by atoms with Crippen LogP contribution in [0.25, 0.3) is 0 Å². The molecule has 2 heterocycles. The molecule has 6 nitrogen and oxygen atoms in total. The quantitative estimate of drug-likeness (QED) is 0.498. The summed E-state index contributed by atoms with van der Waals surface area (Å²) in [5, 5.41) is 27.1. The van der Waals surface area contributed by atoms with Crippen LogP contribution in [0, 0.1) is 0 Å². The molecule has 0 aromatic rings. The minimum Gasteiger partial charge on any atom is -0.388 e. The Hall–Kier alpha value is -0.240. The summed E-state index contributed by atoms with van der Waals surface area (Å²) in [4.78, 5) is 0. The fourth-order valence-corrected chi connectivity index (χ4v) is 2.72. The van der Waals surface area contributed by atoms with Gasteiger partial charge < -0.3 is 30.3 Å². The third-order valence-corrected chi connectivity index (χ3v) is 4.48. The third-order valence-electron chi connectivity index (χ3n) is 4.48. The van der Waals surface area contributed by atoms with Crippen molar-refractivity contribution in [3.63, 3.8) is 0 Å². The third kappa shape index (κ3) is 4.13. The van der Waals surface area contributed by atoms with Crippen molar-refractivity contribution >= 4 is 0 Å². The number of aliphatic hydroxyl groups is 2. The normalized spacial score (nSPS) is 42.6. The van der Waals surface area contributed by atoms with Gasteiger partial charge in [-0.3, -0.25) is 0 Å². The van der Waals surface area contributed by atoms with E-state index >= 15 is 0 Å². The van der Waals surface area contributed by atoms with Gasteiger partial charge in [0.2, 0.25) is 0 Å². The Morgan fingerprint density at radius 1 is 0.900 bits per heavy atom. The van der Waals surface area contributed by atoms with E-state index in [4.69, 9.17) is 9.47 Å². The standard InChI is InChI=1S/C14H28N2O4/c1-13(17)3-7-19-9-11(13)15-5-6-16-12-10-20-8-4-14(12,2)18/h11-12,15-18H,3-10H2,1-2H3. The average molecular weight is 288 g/mol. The van der Waals surface area contributed by atoms with Crippen LogP contribution >= 0.6 is 0 Å². The Kier molecular flexibility index (Phi) is 5.39. The smallest absolute Gasteiger partial charge is 0.0816 e. The maximum absolute atomic E-state index is 10.2. The van der Waals surface area contributed by atoms with Gasteiger partial charge in [0, 0.05) is 39.1 Å². The first kappa shape index (κ1) is 16.1. The summed E-state index contributed by atoms with van der Waals surface area (Å²) in [6, 6.07) is -0.0812. The van der Waals surface area contributed by atoms with Crippen LogP contribution in [-0.4, -0.2) is 73.0 Å². The molecule has 0 aromatic carbocycles. The lowest BCUT2D eigenvalue weighted by atomic mass is 9.91. The van der Waals surface area contributed by atoms with E-state index in [0.717, 1.165) is 13.1 Å². The summed E-state index contributed by atoms with van der Waals surface area (Å²) >= 11 is 0. The summed E-state index contributed by atoms with van der Waals surface area (Å²) in [5.41, 5.74) is -1.42. The van der Waals surface area contributed by atoms with Crippen molar-refractivity contribution in [3.8, 4) is 0 Å². The van der Waals surface area contributed by atoms with Crippen LogP contribution in [-0.2, 0) is 9.47 Å². The first-order valence-electron chi connectivity index (χ1n) is 7.49. The van der Waals surface area contributed by atoms with E-state index in [-0.39, 0.29) is 12.1 Å². The van der Waals surface area contributed by atoms with Crippen LogP contribution in [0.3, 0.4) is 0 Å². The molecule has 0 aliphatic carbocycles. The minimum absolute atomic E-state index is 0.0406. The van der Waals surface area contributed by atoms with E-state index in [1.54, 1.807) is 0 Å². The molecule has 118 valence electrons. The zero-order valence-electron chi connectivity index (χ0n) is 12.5. The number of ether oxygens (including phenoxy) is 2. The Balaban J connectivity index is 1.68. The van der Waals surface area contributed by atoms with E-state index < -0.39 is 11.2 Å². The molecule has 6 heteroatoms. The summed E-state index contributed by atoms with van der Waals surface area (Å²) in [6.07, 6.45) is 1.31. The van der Waals surface area contributed by atoms with Gasteiger partial charge in [0.15, 0.2) is 0 Å². The van der Waals surface area contributed by atoms with Crippen LogP contribution in [0.15, 0.2) is 0 Å². The minimum atomic E-state index is -0.711. The first-order chi connectivity index (χ1) is 9.42. The van der Waals surface area contributed by atoms with Crippen molar-refractivity contribution < 1.29 is 19.7 Å². The molecule has 4 unspecified atom stereocenters. The van der Waals surface area contributed by atoms with E-state index in [0.29, 0.717) is 39.3 Å². The second kappa shape index (κ2) is 6.68. The highest BCUT2D eigenvalue weighted by atomic mass is 16.5. The molecule has 0 radical (unpaired) electrons. The van der Waals surface area contributed by atoms with E-state index in [2.05, 4.69) is 10.6 Å². The Morgan fingerprint density at radius 3 is 1.65 bits per heavy atom. The molecule has 0 spiro atoms. The highest BCUT2D eigenvalue weighted by Crippen LogP contribution is 2.21. The Morgan fingerprint density at radius 2 is 1.30 bits per heavy atom. The summed E-state index contributed by atoms with van der Waals surface area (Å²) in [5.74, 6) is 0. The highest BCUT2D eigenvalue weighted by molar-refractivity contribution is 4.92. The van der Waals surface area contributed by atoms with Crippen molar-refractivity contribution in [1.29, 1.82) is 0 Å². The molecular formula is C14H28N2O4. The number of rotatable bonds is 5. The van der Waals surface area contributed by atoms with Gasteiger partial charge >= 0.3 is 0 Å². The van der Waals surface area contributed by atoms with Gasteiger partial charge in [0.1, 0.15) is 0 Å². The molecule has 20 heavy (non-hydrogen) atoms. The van der Waals surface area contributed by atoms with Crippen molar-refractivity contribution in [2.24, 2.45) is 0 Å². The molecule has 0 amide bonds. The summed E-state index contributed by atoms with van der Waals surface area (Å²) in [7, 11) is 0. The lowest BCUT2D eigenvalue weighted by Gasteiger charge is -2.39. The SMILES string of the molecule is CC1(O)CCOCC1NCCNC1COCCC1(C)O. The molecule has 2 rings (SSSR count). The predicted molar refractivity (Wildman–Crippen MR) is 75.7 cm³/mol. The molecule has 4 N–H and O–H groups in total. The number of hydrogen-bond donors (Lipinski definition) is 4. The molecule has 2 saturated heterocycles. The van der Waals surface area contributed by atoms with Crippen molar-refractivity contribution in [2.45, 2.75) is 50.0 Å². The van der Waals surface area contributed by atoms with Gasteiger partial charge in [-0.25, -0.2) is 0 Å². The van der Waals surface area contributed by atoms with Gasteiger partial charge in [-0.05, 0) is 13.8 Å². The topological polar surface area (TPSA) is 83.0 Å². The zero-order chi connectivity index (χ0) is 14.6. The van der Waals surface area contributed by atoms with Gasteiger partial charge in [-0.15, -0.1) is 0 Å². The van der Waals surface area contributed by atoms with E-state index in [9.17, 15) is 10.2 Å². The largest absolute Gasteiger partial charge is 0.388 e. The number of nitrogens with one attached hydrogen (secondary N) is 2. The second-order valence-electron chi connectivity index (χ2n) is 6.38. The number of hydrogen-bond acceptors (Lipinski definition) is 6.